The number of carbonyl (C=O) groups is 1. The van der Waals surface area contributed by atoms with Crippen LogP contribution in [-0.4, -0.2) is 32.3 Å². The van der Waals surface area contributed by atoms with Crippen LogP contribution in [0.2, 0.25) is 0 Å². The molecule has 1 aromatic heterocycles. The summed E-state index contributed by atoms with van der Waals surface area (Å²) in [6.45, 7) is 5.36. The normalized spacial score (nSPS) is 25.6. The van der Waals surface area contributed by atoms with Gasteiger partial charge >= 0.3 is 0 Å². The number of aryl methyl sites for hydroxylation is 1. The van der Waals surface area contributed by atoms with Crippen molar-refractivity contribution in [3.05, 3.63) is 59.2 Å². The number of hydrogen-bond acceptors (Lipinski definition) is 6. The first kappa shape index (κ1) is 18.5. The van der Waals surface area contributed by atoms with Crippen LogP contribution in [0.25, 0.3) is 0 Å². The Kier molecular flexibility index (Phi) is 5.09. The summed E-state index contributed by atoms with van der Waals surface area (Å²) in [5.74, 6) is -0.132. The molecule has 7 heteroatoms. The van der Waals surface area contributed by atoms with Gasteiger partial charge in [0.2, 0.25) is 0 Å². The number of benzene rings is 1. The number of nitrogens with two attached hydrogens (primary N) is 1. The van der Waals surface area contributed by atoms with Crippen molar-refractivity contribution in [1.82, 2.24) is 9.97 Å². The topological polar surface area (TPSA) is 81.2 Å². The van der Waals surface area contributed by atoms with Crippen molar-refractivity contribution in [2.75, 3.05) is 0 Å². The van der Waals surface area contributed by atoms with Gasteiger partial charge in [-0.05, 0) is 31.9 Å². The Labute approximate surface area is 156 Å². The fourth-order valence-electron chi connectivity index (χ4n) is 3.06. The summed E-state index contributed by atoms with van der Waals surface area (Å²) in [5.41, 5.74) is 7.39. The molecule has 1 aromatic carbocycles. The molecule has 0 fully saturated rings. The minimum Gasteiger partial charge on any atom is -0.379 e. The van der Waals surface area contributed by atoms with Crippen molar-refractivity contribution in [1.29, 1.82) is 0 Å². The molecule has 1 aliphatic rings. The molecule has 26 heavy (non-hydrogen) atoms. The average Bonchev–Trinajstić information content (AvgIpc) is 2.60. The third kappa shape index (κ3) is 3.62. The number of amidine groups is 1. The largest absolute Gasteiger partial charge is 0.379 e. The molecule has 0 aliphatic carbocycles. The van der Waals surface area contributed by atoms with E-state index in [1.54, 1.807) is 20.0 Å². The molecular formula is C19H21FN4OS. The highest BCUT2D eigenvalue weighted by Crippen LogP contribution is 2.41. The number of Topliss-reactive ketones (excluding diaryl/α,β-unsaturated/α-hetero) is 1. The van der Waals surface area contributed by atoms with Gasteiger partial charge in [0.25, 0.3) is 0 Å². The molecule has 2 N–H and O–H groups in total. The Balaban J connectivity index is 1.87. The third-order valence-corrected chi connectivity index (χ3v) is 5.48. The van der Waals surface area contributed by atoms with Gasteiger partial charge in [-0.25, -0.2) is 14.4 Å². The van der Waals surface area contributed by atoms with Crippen LogP contribution in [0, 0.1) is 6.92 Å². The molecule has 0 saturated carbocycles. The number of halogens is 1. The predicted octanol–water partition coefficient (Wildman–Crippen LogP) is 3.21. The van der Waals surface area contributed by atoms with Crippen LogP contribution in [0.15, 0.2) is 41.7 Å². The minimum atomic E-state index is -1.17. The lowest BCUT2D eigenvalue weighted by Crippen LogP contribution is -2.43. The number of ketones is 1. The summed E-state index contributed by atoms with van der Waals surface area (Å²) in [4.78, 5) is 25.0. The summed E-state index contributed by atoms with van der Waals surface area (Å²) in [6, 6.07) is 7.31. The van der Waals surface area contributed by atoms with E-state index in [1.807, 2.05) is 31.2 Å². The number of aromatic nitrogens is 2. The number of aliphatic imine (C=N–C) groups is 1. The zero-order chi connectivity index (χ0) is 18.9. The fraction of sp³-hybridized carbons (Fsp3) is 0.368. The lowest BCUT2D eigenvalue weighted by atomic mass is 9.85. The van der Waals surface area contributed by atoms with E-state index in [0.717, 1.165) is 11.3 Å². The van der Waals surface area contributed by atoms with Crippen LogP contribution in [0.1, 0.15) is 41.2 Å². The maximum absolute atomic E-state index is 14.9. The van der Waals surface area contributed by atoms with E-state index >= 15 is 0 Å². The molecule has 136 valence electrons. The van der Waals surface area contributed by atoms with Crippen LogP contribution in [0.3, 0.4) is 0 Å². The second-order valence-electron chi connectivity index (χ2n) is 6.67. The molecule has 0 amide bonds. The van der Waals surface area contributed by atoms with Gasteiger partial charge in [-0.2, -0.15) is 0 Å². The van der Waals surface area contributed by atoms with E-state index in [9.17, 15) is 9.18 Å². The van der Waals surface area contributed by atoms with E-state index in [1.165, 1.54) is 18.0 Å². The SMILES string of the molecule is Cc1cnc(C(=O)Cc2cccc([C@@]3(C)N=C(N)S[C@H](C)[C@@H]3F)c2)cn1. The molecule has 0 spiro atoms. The Hall–Kier alpha value is -2.28. The number of carbonyl (C=O) groups excluding carboxylic acids is 1. The molecule has 5 nitrogen and oxygen atoms in total. The van der Waals surface area contributed by atoms with Crippen molar-refractivity contribution < 1.29 is 9.18 Å². The number of nitrogens with zero attached hydrogens (tertiary/aromatic N) is 3. The predicted molar refractivity (Wildman–Crippen MR) is 102 cm³/mol. The first-order valence-electron chi connectivity index (χ1n) is 8.37. The van der Waals surface area contributed by atoms with E-state index < -0.39 is 11.7 Å². The smallest absolute Gasteiger partial charge is 0.187 e. The molecule has 0 unspecified atom stereocenters. The standard InChI is InChI=1S/C19H21FN4OS/c1-11-9-23-15(10-22-11)16(25)8-13-5-4-6-14(7-13)19(3)17(20)12(2)26-18(21)24-19/h4-7,9-10,12,17H,8H2,1-3H3,(H2,21,24)/t12-,17+,19-/m1/s1. The Morgan fingerprint density at radius 2 is 2.12 bits per heavy atom. The van der Waals surface area contributed by atoms with Crippen LogP contribution >= 0.6 is 11.8 Å². The van der Waals surface area contributed by atoms with E-state index in [0.29, 0.717) is 16.4 Å². The molecule has 0 saturated heterocycles. The van der Waals surface area contributed by atoms with Gasteiger partial charge in [-0.1, -0.05) is 36.0 Å². The van der Waals surface area contributed by atoms with Crippen molar-refractivity contribution in [3.63, 3.8) is 0 Å². The van der Waals surface area contributed by atoms with Gasteiger partial charge in [0.15, 0.2) is 11.0 Å². The first-order valence-corrected chi connectivity index (χ1v) is 9.25. The second-order valence-corrected chi connectivity index (χ2v) is 8.06. The molecule has 3 atom stereocenters. The molecule has 2 heterocycles. The van der Waals surface area contributed by atoms with E-state index in [-0.39, 0.29) is 17.5 Å². The molecule has 2 aromatic rings. The molecule has 0 bridgehead atoms. The highest BCUT2D eigenvalue weighted by Gasteiger charge is 2.43. The van der Waals surface area contributed by atoms with Crippen molar-refractivity contribution >= 4 is 22.7 Å². The quantitative estimate of drug-likeness (QED) is 0.834. The van der Waals surface area contributed by atoms with Crippen LogP contribution in [-0.2, 0) is 12.0 Å². The summed E-state index contributed by atoms with van der Waals surface area (Å²) in [7, 11) is 0. The number of thioether (sulfide) groups is 1. The van der Waals surface area contributed by atoms with E-state index in [4.69, 9.17) is 5.73 Å². The zero-order valence-electron chi connectivity index (χ0n) is 14.9. The Morgan fingerprint density at radius 1 is 1.35 bits per heavy atom. The van der Waals surface area contributed by atoms with Gasteiger partial charge in [0.1, 0.15) is 17.4 Å². The zero-order valence-corrected chi connectivity index (χ0v) is 15.8. The minimum absolute atomic E-state index is 0.132. The number of rotatable bonds is 4. The van der Waals surface area contributed by atoms with Gasteiger partial charge in [-0.15, -0.1) is 0 Å². The highest BCUT2D eigenvalue weighted by atomic mass is 32.2. The highest BCUT2D eigenvalue weighted by molar-refractivity contribution is 8.14. The second kappa shape index (κ2) is 7.15. The maximum atomic E-state index is 14.9. The monoisotopic (exact) mass is 372 g/mol. The first-order chi connectivity index (χ1) is 12.3. The molecular weight excluding hydrogens is 351 g/mol. The maximum Gasteiger partial charge on any atom is 0.187 e. The lowest BCUT2D eigenvalue weighted by molar-refractivity contribution is 0.0987. The van der Waals surface area contributed by atoms with Crippen molar-refractivity contribution in [2.24, 2.45) is 10.7 Å². The number of hydrogen-bond donors (Lipinski definition) is 1. The Bertz CT molecular complexity index is 855. The van der Waals surface area contributed by atoms with Crippen LogP contribution < -0.4 is 5.73 Å². The fourth-order valence-corrected chi connectivity index (χ4v) is 4.06. The third-order valence-electron chi connectivity index (χ3n) is 4.54. The van der Waals surface area contributed by atoms with E-state index in [2.05, 4.69) is 15.0 Å². The van der Waals surface area contributed by atoms with Crippen LogP contribution in [0.5, 0.6) is 0 Å². The van der Waals surface area contributed by atoms with Crippen molar-refractivity contribution in [3.8, 4) is 0 Å². The average molecular weight is 372 g/mol. The lowest BCUT2D eigenvalue weighted by Gasteiger charge is -2.37. The number of alkyl halides is 1. The van der Waals surface area contributed by atoms with Crippen molar-refractivity contribution in [2.45, 2.75) is 44.2 Å². The molecule has 0 radical (unpaired) electrons. The summed E-state index contributed by atoms with van der Waals surface area (Å²) in [6.07, 6.45) is 2.04. The van der Waals surface area contributed by atoms with Gasteiger partial charge in [-0.3, -0.25) is 9.78 Å². The van der Waals surface area contributed by atoms with Gasteiger partial charge < -0.3 is 5.73 Å². The molecule has 1 aliphatic heterocycles. The van der Waals surface area contributed by atoms with Crippen LogP contribution in [0.4, 0.5) is 4.39 Å². The summed E-state index contributed by atoms with van der Waals surface area (Å²) in [5, 5.41) is 0.0935. The Morgan fingerprint density at radius 3 is 2.81 bits per heavy atom. The van der Waals surface area contributed by atoms with Gasteiger partial charge in [0, 0.05) is 17.9 Å². The summed E-state index contributed by atoms with van der Waals surface area (Å²) >= 11 is 1.24. The summed E-state index contributed by atoms with van der Waals surface area (Å²) < 4.78 is 14.9. The molecule has 3 rings (SSSR count). The van der Waals surface area contributed by atoms with Gasteiger partial charge in [0.05, 0.1) is 11.9 Å².